The fourth-order valence-corrected chi connectivity index (χ4v) is 7.01. The molecule has 1 heterocycles. The van der Waals surface area contributed by atoms with Crippen molar-refractivity contribution in [1.29, 1.82) is 0 Å². The first-order valence-corrected chi connectivity index (χ1v) is 12.1. The highest BCUT2D eigenvalue weighted by Crippen LogP contribution is 2.60. The molecule has 3 aromatic rings. The fourth-order valence-electron chi connectivity index (χ4n) is 4.16. The van der Waals surface area contributed by atoms with E-state index in [9.17, 15) is 4.57 Å². The van der Waals surface area contributed by atoms with Gasteiger partial charge in [-0.3, -0.25) is 4.57 Å². The maximum Gasteiger partial charge on any atom is 0.273 e. The van der Waals surface area contributed by atoms with Gasteiger partial charge < -0.3 is 4.52 Å². The number of hydrogen-bond acceptors (Lipinski definition) is 2. The van der Waals surface area contributed by atoms with Crippen molar-refractivity contribution < 1.29 is 9.09 Å². The van der Waals surface area contributed by atoms with Crippen LogP contribution in [0.25, 0.3) is 0 Å². The van der Waals surface area contributed by atoms with Gasteiger partial charge in [-0.15, -0.1) is 0 Å². The Labute approximate surface area is 173 Å². The minimum Gasteiger partial charge on any atom is -0.317 e. The lowest BCUT2D eigenvalue weighted by molar-refractivity contribution is 0.187. The van der Waals surface area contributed by atoms with E-state index < -0.39 is 7.52 Å². The summed E-state index contributed by atoms with van der Waals surface area (Å²) in [4.78, 5) is 0. The summed E-state index contributed by atoms with van der Waals surface area (Å²) in [6.07, 6.45) is 1.41. The normalized spacial score (nSPS) is 21.2. The molecule has 0 bridgehead atoms. The van der Waals surface area contributed by atoms with E-state index in [-0.39, 0.29) is 12.0 Å². The molecule has 150 valence electrons. The Balaban J connectivity index is 1.71. The first-order chi connectivity index (χ1) is 14.2. The lowest BCUT2D eigenvalue weighted by Crippen LogP contribution is -2.34. The van der Waals surface area contributed by atoms with Gasteiger partial charge in [0, 0.05) is 12.7 Å². The zero-order chi connectivity index (χ0) is 20.1. The summed E-state index contributed by atoms with van der Waals surface area (Å²) < 4.78 is 22.5. The van der Waals surface area contributed by atoms with Crippen LogP contribution in [0.2, 0.25) is 0 Å². The fraction of sp³-hybridized carbons (Fsp3) is 0.280. The van der Waals surface area contributed by atoms with Crippen LogP contribution >= 0.6 is 7.52 Å². The van der Waals surface area contributed by atoms with Gasteiger partial charge in [0.25, 0.3) is 7.52 Å². The maximum absolute atomic E-state index is 14.2. The monoisotopic (exact) mass is 405 g/mol. The maximum atomic E-state index is 14.2. The molecule has 0 radical (unpaired) electrons. The van der Waals surface area contributed by atoms with E-state index in [2.05, 4.69) is 48.0 Å². The summed E-state index contributed by atoms with van der Waals surface area (Å²) in [7, 11) is -3.00. The van der Waals surface area contributed by atoms with Crippen molar-refractivity contribution in [3.05, 3.63) is 108 Å². The Kier molecular flexibility index (Phi) is 6.30. The lowest BCUT2D eigenvalue weighted by atomic mass is 9.98. The van der Waals surface area contributed by atoms with Crippen LogP contribution in [0.4, 0.5) is 0 Å². The van der Waals surface area contributed by atoms with Gasteiger partial charge in [0.1, 0.15) is 0 Å². The molecule has 0 saturated carbocycles. The van der Waals surface area contributed by atoms with Crippen LogP contribution in [0.3, 0.4) is 0 Å². The highest BCUT2D eigenvalue weighted by molar-refractivity contribution is 7.56. The summed E-state index contributed by atoms with van der Waals surface area (Å²) in [6.45, 7) is 3.48. The first kappa shape index (κ1) is 20.1. The van der Waals surface area contributed by atoms with Gasteiger partial charge in [0.15, 0.2) is 0 Å². The zero-order valence-corrected chi connectivity index (χ0v) is 17.7. The lowest BCUT2D eigenvalue weighted by Gasteiger charge is -2.41. The summed E-state index contributed by atoms with van der Waals surface area (Å²) in [5.41, 5.74) is 3.50. The topological polar surface area (TPSA) is 29.5 Å². The number of hydrogen-bond donors (Lipinski definition) is 0. The standard InChI is InChI=1S/C25H28NO2P/c1-21(22-12-5-2-6-13-22)20-29(27)26(18-11-19-28-29)25(23-14-7-3-8-15-23)24-16-9-4-10-17-24/h2-10,12-17,21,25H,11,18-20H2,1H3/t21-,29+/m0/s1. The van der Waals surface area contributed by atoms with Gasteiger partial charge in [0.2, 0.25) is 0 Å². The largest absolute Gasteiger partial charge is 0.317 e. The van der Waals surface area contributed by atoms with Crippen LogP contribution in [0.15, 0.2) is 91.0 Å². The highest BCUT2D eigenvalue weighted by atomic mass is 31.2. The Morgan fingerprint density at radius 3 is 1.83 bits per heavy atom. The minimum absolute atomic E-state index is 0.0773. The molecule has 0 unspecified atom stereocenters. The molecule has 29 heavy (non-hydrogen) atoms. The van der Waals surface area contributed by atoms with E-state index in [0.29, 0.717) is 12.8 Å². The Morgan fingerprint density at radius 1 is 0.828 bits per heavy atom. The van der Waals surface area contributed by atoms with Gasteiger partial charge in [-0.05, 0) is 29.0 Å². The van der Waals surface area contributed by atoms with E-state index in [0.717, 1.165) is 24.1 Å². The second-order valence-corrected chi connectivity index (χ2v) is 10.1. The van der Waals surface area contributed by atoms with Gasteiger partial charge in [-0.2, -0.15) is 0 Å². The molecule has 3 nitrogen and oxygen atoms in total. The van der Waals surface area contributed by atoms with Crippen LogP contribution in [0.1, 0.15) is 42.0 Å². The average Bonchev–Trinajstić information content (AvgIpc) is 2.77. The summed E-state index contributed by atoms with van der Waals surface area (Å²) >= 11 is 0. The first-order valence-electron chi connectivity index (χ1n) is 10.3. The van der Waals surface area contributed by atoms with E-state index in [1.807, 2.05) is 54.6 Å². The van der Waals surface area contributed by atoms with Crippen LogP contribution in [0.5, 0.6) is 0 Å². The molecule has 1 aliphatic rings. The van der Waals surface area contributed by atoms with Gasteiger partial charge >= 0.3 is 0 Å². The molecular weight excluding hydrogens is 377 g/mol. The molecular formula is C25H28NO2P. The molecule has 0 aliphatic carbocycles. The molecule has 3 aromatic carbocycles. The van der Waals surface area contributed by atoms with Crippen molar-refractivity contribution in [1.82, 2.24) is 4.67 Å². The molecule has 0 amide bonds. The second-order valence-electron chi connectivity index (χ2n) is 7.71. The number of benzene rings is 3. The number of rotatable bonds is 6. The third kappa shape index (κ3) is 4.53. The highest BCUT2D eigenvalue weighted by Gasteiger charge is 2.41. The molecule has 1 aliphatic heterocycles. The molecule has 0 aromatic heterocycles. The van der Waals surface area contributed by atoms with Crippen molar-refractivity contribution >= 4 is 7.52 Å². The molecule has 1 fully saturated rings. The van der Waals surface area contributed by atoms with Crippen molar-refractivity contribution in [3.63, 3.8) is 0 Å². The Bertz CT molecular complexity index is 907. The average molecular weight is 405 g/mol. The summed E-state index contributed by atoms with van der Waals surface area (Å²) in [5, 5.41) is 0. The molecule has 4 heteroatoms. The van der Waals surface area contributed by atoms with Crippen molar-refractivity contribution in [2.45, 2.75) is 25.3 Å². The van der Waals surface area contributed by atoms with Crippen LogP contribution in [-0.2, 0) is 9.09 Å². The SMILES string of the molecule is C[C@@H](C[P@@]1(=O)OCCCN1C(c1ccccc1)c1ccccc1)c1ccccc1. The van der Waals surface area contributed by atoms with Gasteiger partial charge in [0.05, 0.1) is 12.6 Å². The molecule has 1 saturated heterocycles. The van der Waals surface area contributed by atoms with E-state index >= 15 is 0 Å². The van der Waals surface area contributed by atoms with Crippen molar-refractivity contribution in [3.8, 4) is 0 Å². The smallest absolute Gasteiger partial charge is 0.273 e. The predicted octanol–water partition coefficient (Wildman–Crippen LogP) is 6.50. The minimum atomic E-state index is -3.00. The van der Waals surface area contributed by atoms with Crippen molar-refractivity contribution in [2.75, 3.05) is 19.3 Å². The van der Waals surface area contributed by atoms with Crippen molar-refractivity contribution in [2.24, 2.45) is 0 Å². The Hall–Kier alpha value is -2.19. The summed E-state index contributed by atoms with van der Waals surface area (Å²) in [6, 6.07) is 31.0. The Morgan fingerprint density at radius 2 is 1.31 bits per heavy atom. The molecule has 4 rings (SSSR count). The number of nitrogens with zero attached hydrogens (tertiary/aromatic N) is 1. The second kappa shape index (κ2) is 9.09. The molecule has 0 N–H and O–H groups in total. The van der Waals surface area contributed by atoms with E-state index in [1.54, 1.807) is 0 Å². The van der Waals surface area contributed by atoms with Crippen LogP contribution in [0, 0.1) is 0 Å². The molecule has 0 spiro atoms. The van der Waals surface area contributed by atoms with E-state index in [1.165, 1.54) is 5.56 Å². The summed E-state index contributed by atoms with van der Waals surface area (Å²) in [5.74, 6) is 0.162. The van der Waals surface area contributed by atoms with Gasteiger partial charge in [-0.1, -0.05) is 97.9 Å². The quantitative estimate of drug-likeness (QED) is 0.439. The third-order valence-electron chi connectivity index (χ3n) is 5.62. The third-order valence-corrected chi connectivity index (χ3v) is 8.43. The van der Waals surface area contributed by atoms with E-state index in [4.69, 9.17) is 4.52 Å². The van der Waals surface area contributed by atoms with Crippen LogP contribution in [-0.4, -0.2) is 24.0 Å². The predicted molar refractivity (Wildman–Crippen MR) is 119 cm³/mol. The van der Waals surface area contributed by atoms with Gasteiger partial charge in [-0.25, -0.2) is 4.67 Å². The van der Waals surface area contributed by atoms with Crippen LogP contribution < -0.4 is 0 Å². The zero-order valence-electron chi connectivity index (χ0n) is 16.9. The molecule has 2 atom stereocenters.